The van der Waals surface area contributed by atoms with Crippen molar-refractivity contribution >= 4 is 5.91 Å². The maximum atomic E-state index is 12.5. The summed E-state index contributed by atoms with van der Waals surface area (Å²) >= 11 is 0. The summed E-state index contributed by atoms with van der Waals surface area (Å²) in [6, 6.07) is 6.06. The van der Waals surface area contributed by atoms with Crippen molar-refractivity contribution in [1.29, 1.82) is 0 Å². The van der Waals surface area contributed by atoms with E-state index < -0.39 is 23.4 Å². The topological polar surface area (TPSA) is 88.7 Å². The Bertz CT molecular complexity index is 769. The smallest absolute Gasteiger partial charge is 0.379 e. The predicted molar refractivity (Wildman–Crippen MR) is 76.0 cm³/mol. The highest BCUT2D eigenvalue weighted by Crippen LogP contribution is 2.30. The number of benzene rings is 1. The van der Waals surface area contributed by atoms with E-state index in [9.17, 15) is 23.2 Å². The highest BCUT2D eigenvalue weighted by Gasteiger charge is 2.43. The lowest BCUT2D eigenvalue weighted by Gasteiger charge is -2.38. The van der Waals surface area contributed by atoms with E-state index in [1.807, 2.05) is 0 Å². The number of alkyl halides is 3. The van der Waals surface area contributed by atoms with Gasteiger partial charge in [0.05, 0.1) is 25.2 Å². The fourth-order valence-electron chi connectivity index (χ4n) is 2.30. The molecule has 1 N–H and O–H groups in total. The Morgan fingerprint density at radius 3 is 2.44 bits per heavy atom. The molecule has 1 saturated heterocycles. The molecule has 0 atom stereocenters. The van der Waals surface area contributed by atoms with Crippen molar-refractivity contribution in [3.8, 4) is 11.4 Å². The number of rotatable bonds is 4. The minimum absolute atomic E-state index is 0.0608. The zero-order valence-corrected chi connectivity index (χ0v) is 13.1. The Morgan fingerprint density at radius 2 is 1.96 bits per heavy atom. The first-order chi connectivity index (χ1) is 11.7. The second kappa shape index (κ2) is 6.12. The number of hydroxylamine groups is 2. The van der Waals surface area contributed by atoms with Crippen LogP contribution >= 0.6 is 0 Å². The van der Waals surface area contributed by atoms with Gasteiger partial charge in [0.1, 0.15) is 0 Å². The van der Waals surface area contributed by atoms with Crippen LogP contribution in [0, 0.1) is 5.41 Å². The standard InChI is InChI=1S/C15H14F3N3O4/c1-14(7-24-8-14)13(22)21(23)6-9-2-4-10(5-3-9)11-19-12(25-20-11)15(16,17)18/h2-5,23H,6-8H2,1H3. The van der Waals surface area contributed by atoms with Crippen LogP contribution in [0.4, 0.5) is 13.2 Å². The van der Waals surface area contributed by atoms with E-state index in [2.05, 4.69) is 14.7 Å². The van der Waals surface area contributed by atoms with Crippen LogP contribution in [0.1, 0.15) is 18.4 Å². The molecule has 3 rings (SSSR count). The summed E-state index contributed by atoms with van der Waals surface area (Å²) in [5.41, 5.74) is 0.175. The van der Waals surface area contributed by atoms with E-state index in [4.69, 9.17) is 4.74 Å². The molecule has 0 spiro atoms. The molecule has 1 fully saturated rings. The highest BCUT2D eigenvalue weighted by molar-refractivity contribution is 5.82. The van der Waals surface area contributed by atoms with E-state index in [-0.39, 0.29) is 25.6 Å². The van der Waals surface area contributed by atoms with Crippen LogP contribution < -0.4 is 0 Å². The lowest BCUT2D eigenvalue weighted by molar-refractivity contribution is -0.202. The molecule has 0 bridgehead atoms. The number of hydrogen-bond acceptors (Lipinski definition) is 6. The molecule has 10 heteroatoms. The van der Waals surface area contributed by atoms with Gasteiger partial charge < -0.3 is 9.26 Å². The fraction of sp³-hybridized carbons (Fsp3) is 0.400. The van der Waals surface area contributed by atoms with Crippen molar-refractivity contribution in [1.82, 2.24) is 15.2 Å². The second-order valence-electron chi connectivity index (χ2n) is 6.03. The highest BCUT2D eigenvalue weighted by atomic mass is 19.4. The maximum Gasteiger partial charge on any atom is 0.471 e. The third kappa shape index (κ3) is 3.49. The molecule has 0 unspecified atom stereocenters. The molecule has 1 aromatic heterocycles. The number of amides is 1. The van der Waals surface area contributed by atoms with Gasteiger partial charge in [0.15, 0.2) is 0 Å². The van der Waals surface area contributed by atoms with Gasteiger partial charge >= 0.3 is 12.1 Å². The van der Waals surface area contributed by atoms with Crippen LogP contribution in [0.3, 0.4) is 0 Å². The summed E-state index contributed by atoms with van der Waals surface area (Å²) in [6.45, 7) is 2.14. The van der Waals surface area contributed by atoms with E-state index in [1.165, 1.54) is 12.1 Å². The lowest BCUT2D eigenvalue weighted by Crippen LogP contribution is -2.52. The van der Waals surface area contributed by atoms with Crippen molar-refractivity contribution in [3.05, 3.63) is 35.7 Å². The van der Waals surface area contributed by atoms with Gasteiger partial charge in [0.25, 0.3) is 5.91 Å². The van der Waals surface area contributed by atoms with Gasteiger partial charge in [-0.15, -0.1) is 0 Å². The Balaban J connectivity index is 1.68. The zero-order valence-electron chi connectivity index (χ0n) is 13.1. The molecule has 134 valence electrons. The predicted octanol–water partition coefficient (Wildman–Crippen LogP) is 2.51. The summed E-state index contributed by atoms with van der Waals surface area (Å²) in [4.78, 5) is 15.4. The van der Waals surface area contributed by atoms with Crippen molar-refractivity contribution < 1.29 is 32.4 Å². The first-order valence-corrected chi connectivity index (χ1v) is 7.28. The van der Waals surface area contributed by atoms with E-state index in [0.29, 0.717) is 16.2 Å². The number of carbonyl (C=O) groups excluding carboxylic acids is 1. The molecule has 1 amide bonds. The summed E-state index contributed by atoms with van der Waals surface area (Å²) in [5.74, 6) is -2.07. The molecule has 1 aromatic carbocycles. The Hall–Kier alpha value is -2.46. The van der Waals surface area contributed by atoms with Gasteiger partial charge in [-0.1, -0.05) is 29.4 Å². The average molecular weight is 357 g/mol. The normalized spacial score (nSPS) is 16.4. The molecule has 0 saturated carbocycles. The zero-order chi connectivity index (χ0) is 18.2. The minimum Gasteiger partial charge on any atom is -0.379 e. The molecular weight excluding hydrogens is 343 g/mol. The molecular formula is C15H14F3N3O4. The van der Waals surface area contributed by atoms with Crippen molar-refractivity contribution in [2.45, 2.75) is 19.6 Å². The third-order valence-corrected chi connectivity index (χ3v) is 3.81. The molecule has 1 aliphatic heterocycles. The minimum atomic E-state index is -4.70. The quantitative estimate of drug-likeness (QED) is 0.668. The van der Waals surface area contributed by atoms with Crippen LogP contribution in [-0.4, -0.2) is 39.5 Å². The number of halogens is 3. The van der Waals surface area contributed by atoms with Gasteiger partial charge in [0, 0.05) is 5.56 Å². The van der Waals surface area contributed by atoms with Gasteiger partial charge in [-0.3, -0.25) is 10.0 Å². The second-order valence-corrected chi connectivity index (χ2v) is 6.03. The number of hydrogen-bond donors (Lipinski definition) is 1. The van der Waals surface area contributed by atoms with Gasteiger partial charge in [0.2, 0.25) is 5.82 Å². The fourth-order valence-corrected chi connectivity index (χ4v) is 2.30. The number of ether oxygens (including phenoxy) is 1. The molecule has 7 nitrogen and oxygen atoms in total. The summed E-state index contributed by atoms with van der Waals surface area (Å²) in [5, 5.41) is 13.8. The van der Waals surface area contributed by atoms with Gasteiger partial charge in [-0.2, -0.15) is 18.2 Å². The van der Waals surface area contributed by atoms with Gasteiger partial charge in [-0.05, 0) is 12.5 Å². The first kappa shape index (κ1) is 17.4. The summed E-state index contributed by atoms with van der Waals surface area (Å²) in [6.07, 6.45) is -4.70. The van der Waals surface area contributed by atoms with Crippen molar-refractivity contribution in [2.24, 2.45) is 5.41 Å². The van der Waals surface area contributed by atoms with Crippen LogP contribution in [0.15, 0.2) is 28.8 Å². The van der Waals surface area contributed by atoms with Crippen molar-refractivity contribution in [3.63, 3.8) is 0 Å². The van der Waals surface area contributed by atoms with E-state index in [1.54, 1.807) is 19.1 Å². The maximum absolute atomic E-state index is 12.5. The third-order valence-electron chi connectivity index (χ3n) is 3.81. The Morgan fingerprint density at radius 1 is 1.32 bits per heavy atom. The van der Waals surface area contributed by atoms with E-state index >= 15 is 0 Å². The molecule has 25 heavy (non-hydrogen) atoms. The molecule has 2 heterocycles. The molecule has 0 radical (unpaired) electrons. The monoisotopic (exact) mass is 357 g/mol. The summed E-state index contributed by atoms with van der Waals surface area (Å²) in [7, 11) is 0. The van der Waals surface area contributed by atoms with E-state index in [0.717, 1.165) is 0 Å². The number of aromatic nitrogens is 2. The molecule has 2 aromatic rings. The lowest BCUT2D eigenvalue weighted by atomic mass is 9.87. The van der Waals surface area contributed by atoms with Crippen LogP contribution in [-0.2, 0) is 22.3 Å². The molecule has 1 aliphatic rings. The molecule has 0 aliphatic carbocycles. The van der Waals surface area contributed by atoms with Crippen molar-refractivity contribution in [2.75, 3.05) is 13.2 Å². The first-order valence-electron chi connectivity index (χ1n) is 7.28. The average Bonchev–Trinajstić information content (AvgIpc) is 3.02. The van der Waals surface area contributed by atoms with Crippen LogP contribution in [0.25, 0.3) is 11.4 Å². The summed E-state index contributed by atoms with van der Waals surface area (Å²) < 4.78 is 46.5. The Labute approximate surface area is 140 Å². The van der Waals surface area contributed by atoms with Crippen LogP contribution in [0.5, 0.6) is 0 Å². The number of carbonyl (C=O) groups is 1. The number of nitrogens with zero attached hydrogens (tertiary/aromatic N) is 3. The SMILES string of the molecule is CC1(C(=O)N(O)Cc2ccc(-c3noc(C(F)(F)F)n3)cc2)COC1. The van der Waals surface area contributed by atoms with Gasteiger partial charge in [-0.25, -0.2) is 5.06 Å². The Kier molecular flexibility index (Phi) is 4.25. The largest absolute Gasteiger partial charge is 0.471 e. The van der Waals surface area contributed by atoms with Crippen LogP contribution in [0.2, 0.25) is 0 Å².